The van der Waals surface area contributed by atoms with E-state index in [-0.39, 0.29) is 6.61 Å². The van der Waals surface area contributed by atoms with Crippen molar-refractivity contribution in [3.63, 3.8) is 0 Å². The summed E-state index contributed by atoms with van der Waals surface area (Å²) < 4.78 is 1.74. The number of aliphatic hydroxyl groups excluding tert-OH is 1. The zero-order valence-electron chi connectivity index (χ0n) is 5.72. The number of pyridine rings is 1. The lowest BCUT2D eigenvalue weighted by molar-refractivity contribution is 0.299. The van der Waals surface area contributed by atoms with E-state index in [2.05, 4.69) is 36.8 Å². The van der Waals surface area contributed by atoms with E-state index in [1.807, 2.05) is 6.07 Å². The van der Waals surface area contributed by atoms with Crippen LogP contribution in [0.25, 0.3) is 0 Å². The molecule has 1 N–H and O–H groups in total. The minimum absolute atomic E-state index is 0.150. The van der Waals surface area contributed by atoms with Crippen molar-refractivity contribution in [1.29, 1.82) is 0 Å². The Morgan fingerprint density at radius 2 is 2.18 bits per heavy atom. The third-order valence-corrected chi connectivity index (χ3v) is 2.41. The molecule has 0 bridgehead atoms. The Balaban J connectivity index is 2.93. The number of hydrogen-bond acceptors (Lipinski definition) is 2. The van der Waals surface area contributed by atoms with Crippen molar-refractivity contribution in [2.45, 2.75) is 6.42 Å². The molecule has 0 amide bonds. The lowest BCUT2D eigenvalue weighted by atomic mass is 10.2. The van der Waals surface area contributed by atoms with Crippen LogP contribution in [0, 0.1) is 0 Å². The second-order valence-corrected chi connectivity index (χ2v) is 3.74. The summed E-state index contributed by atoms with van der Waals surface area (Å²) in [7, 11) is 0. The van der Waals surface area contributed by atoms with Crippen molar-refractivity contribution in [1.82, 2.24) is 4.98 Å². The van der Waals surface area contributed by atoms with Crippen LogP contribution in [0.1, 0.15) is 5.56 Å². The van der Waals surface area contributed by atoms with Crippen molar-refractivity contribution in [2.75, 3.05) is 6.61 Å². The average molecular weight is 281 g/mol. The molecular formula is C7H7Br2NO. The van der Waals surface area contributed by atoms with Crippen molar-refractivity contribution in [3.8, 4) is 0 Å². The van der Waals surface area contributed by atoms with Crippen LogP contribution >= 0.6 is 31.9 Å². The smallest absolute Gasteiger partial charge is 0.109 e. The maximum atomic E-state index is 8.67. The highest BCUT2D eigenvalue weighted by atomic mass is 79.9. The topological polar surface area (TPSA) is 33.1 Å². The van der Waals surface area contributed by atoms with E-state index in [9.17, 15) is 0 Å². The highest BCUT2D eigenvalue weighted by Crippen LogP contribution is 2.18. The molecule has 2 nitrogen and oxygen atoms in total. The van der Waals surface area contributed by atoms with Gasteiger partial charge in [-0.1, -0.05) is 0 Å². The first kappa shape index (κ1) is 9.16. The molecule has 0 spiro atoms. The largest absolute Gasteiger partial charge is 0.396 e. The Morgan fingerprint density at radius 3 is 2.82 bits per heavy atom. The van der Waals surface area contributed by atoms with E-state index in [1.165, 1.54) is 0 Å². The fraction of sp³-hybridized carbons (Fsp3) is 0.286. The number of aromatic nitrogens is 1. The Morgan fingerprint density at radius 1 is 1.45 bits per heavy atom. The molecule has 0 saturated heterocycles. The summed E-state index contributed by atoms with van der Waals surface area (Å²) in [4.78, 5) is 4.06. The van der Waals surface area contributed by atoms with Crippen molar-refractivity contribution in [2.24, 2.45) is 0 Å². The molecule has 0 aromatic carbocycles. The lowest BCUT2D eigenvalue weighted by Crippen LogP contribution is -1.93. The fourth-order valence-corrected chi connectivity index (χ4v) is 1.55. The molecule has 1 aromatic rings. The maximum Gasteiger partial charge on any atom is 0.109 e. The molecule has 4 heteroatoms. The summed E-state index contributed by atoms with van der Waals surface area (Å²) in [5.74, 6) is 0. The minimum atomic E-state index is 0.150. The zero-order valence-corrected chi connectivity index (χ0v) is 8.89. The molecule has 0 radical (unpaired) electrons. The Labute approximate surface area is 81.9 Å². The van der Waals surface area contributed by atoms with Gasteiger partial charge in [0.15, 0.2) is 0 Å². The summed E-state index contributed by atoms with van der Waals surface area (Å²) >= 11 is 6.59. The number of hydrogen-bond donors (Lipinski definition) is 1. The monoisotopic (exact) mass is 279 g/mol. The van der Waals surface area contributed by atoms with Crippen LogP contribution in [0.2, 0.25) is 0 Å². The van der Waals surface area contributed by atoms with E-state index in [1.54, 1.807) is 6.20 Å². The van der Waals surface area contributed by atoms with Gasteiger partial charge in [0, 0.05) is 17.3 Å². The third-order valence-electron chi connectivity index (χ3n) is 1.26. The number of rotatable bonds is 2. The van der Waals surface area contributed by atoms with Gasteiger partial charge in [-0.15, -0.1) is 0 Å². The summed E-state index contributed by atoms with van der Waals surface area (Å²) in [6.07, 6.45) is 2.35. The quantitative estimate of drug-likeness (QED) is 0.842. The molecular weight excluding hydrogens is 274 g/mol. The van der Waals surface area contributed by atoms with Crippen molar-refractivity contribution in [3.05, 3.63) is 26.9 Å². The summed E-state index contributed by atoms with van der Waals surface area (Å²) in [5.41, 5.74) is 1.02. The van der Waals surface area contributed by atoms with E-state index < -0.39 is 0 Å². The van der Waals surface area contributed by atoms with Gasteiger partial charge >= 0.3 is 0 Å². The second kappa shape index (κ2) is 4.18. The minimum Gasteiger partial charge on any atom is -0.396 e. The molecule has 0 saturated carbocycles. The normalized spacial score (nSPS) is 10.1. The van der Waals surface area contributed by atoms with Crippen LogP contribution < -0.4 is 0 Å². The Hall–Kier alpha value is 0.0700. The van der Waals surface area contributed by atoms with E-state index >= 15 is 0 Å². The molecule has 0 aliphatic carbocycles. The van der Waals surface area contributed by atoms with Crippen LogP contribution in [0.3, 0.4) is 0 Å². The highest BCUT2D eigenvalue weighted by molar-refractivity contribution is 9.11. The molecule has 0 atom stereocenters. The Kier molecular flexibility index (Phi) is 3.48. The van der Waals surface area contributed by atoms with Gasteiger partial charge in [0.2, 0.25) is 0 Å². The molecule has 0 aliphatic heterocycles. The highest BCUT2D eigenvalue weighted by Gasteiger charge is 2.00. The first-order valence-electron chi connectivity index (χ1n) is 3.15. The number of halogens is 2. The van der Waals surface area contributed by atoms with Gasteiger partial charge in [0.1, 0.15) is 4.60 Å². The number of nitrogens with zero attached hydrogens (tertiary/aromatic N) is 1. The molecule has 11 heavy (non-hydrogen) atoms. The van der Waals surface area contributed by atoms with Crippen LogP contribution in [-0.4, -0.2) is 16.7 Å². The van der Waals surface area contributed by atoms with Crippen LogP contribution in [0.5, 0.6) is 0 Å². The second-order valence-electron chi connectivity index (χ2n) is 2.08. The molecule has 1 rings (SSSR count). The van der Waals surface area contributed by atoms with Gasteiger partial charge < -0.3 is 5.11 Å². The SMILES string of the molecule is OCCc1cc(Br)cnc1Br. The molecule has 0 unspecified atom stereocenters. The van der Waals surface area contributed by atoms with Crippen LogP contribution in [-0.2, 0) is 6.42 Å². The summed E-state index contributed by atoms with van der Waals surface area (Å²) in [5, 5.41) is 8.67. The third kappa shape index (κ3) is 2.54. The Bertz CT molecular complexity index is 252. The zero-order chi connectivity index (χ0) is 8.27. The maximum absolute atomic E-state index is 8.67. The first-order valence-corrected chi connectivity index (χ1v) is 4.73. The van der Waals surface area contributed by atoms with E-state index in [0.717, 1.165) is 14.6 Å². The standard InChI is InChI=1S/C7H7Br2NO/c8-6-3-5(1-2-11)7(9)10-4-6/h3-4,11H,1-2H2. The van der Waals surface area contributed by atoms with E-state index in [0.29, 0.717) is 6.42 Å². The van der Waals surface area contributed by atoms with Crippen LogP contribution in [0.15, 0.2) is 21.3 Å². The molecule has 0 fully saturated rings. The van der Waals surface area contributed by atoms with E-state index in [4.69, 9.17) is 5.11 Å². The first-order chi connectivity index (χ1) is 5.24. The van der Waals surface area contributed by atoms with Gasteiger partial charge in [-0.25, -0.2) is 4.98 Å². The van der Waals surface area contributed by atoms with Crippen molar-refractivity contribution < 1.29 is 5.11 Å². The van der Waals surface area contributed by atoms with Gasteiger partial charge in [0.05, 0.1) is 0 Å². The van der Waals surface area contributed by atoms with Crippen molar-refractivity contribution >= 4 is 31.9 Å². The lowest BCUT2D eigenvalue weighted by Gasteiger charge is -2.00. The summed E-state index contributed by atoms with van der Waals surface area (Å²) in [6.45, 7) is 0.150. The molecule has 1 heterocycles. The fourth-order valence-electron chi connectivity index (χ4n) is 0.760. The van der Waals surface area contributed by atoms with Gasteiger partial charge in [-0.05, 0) is 49.9 Å². The van der Waals surface area contributed by atoms with Crippen LogP contribution in [0.4, 0.5) is 0 Å². The predicted molar refractivity (Wildman–Crippen MR) is 50.4 cm³/mol. The number of aliphatic hydroxyl groups is 1. The molecule has 60 valence electrons. The molecule has 1 aromatic heterocycles. The van der Waals surface area contributed by atoms with Gasteiger partial charge in [-0.3, -0.25) is 0 Å². The predicted octanol–water partition coefficient (Wildman–Crippen LogP) is 2.14. The summed E-state index contributed by atoms with van der Waals surface area (Å²) in [6, 6.07) is 1.94. The molecule has 0 aliphatic rings. The van der Waals surface area contributed by atoms with Gasteiger partial charge in [0.25, 0.3) is 0 Å². The average Bonchev–Trinajstić information content (AvgIpc) is 1.98. The van der Waals surface area contributed by atoms with Gasteiger partial charge in [-0.2, -0.15) is 0 Å².